The van der Waals surface area contributed by atoms with Crippen LogP contribution >= 0.6 is 11.6 Å². The van der Waals surface area contributed by atoms with E-state index in [9.17, 15) is 37.5 Å². The molecule has 2 amide bonds. The number of ether oxygens (including phenoxy) is 1. The molecule has 8 nitrogen and oxygen atoms in total. The molecule has 0 saturated carbocycles. The van der Waals surface area contributed by atoms with E-state index in [-0.39, 0.29) is 33.1 Å². The Morgan fingerprint density at radius 1 is 0.889 bits per heavy atom. The number of carbonyl (C=O) groups is 4. The molecule has 0 aromatic heterocycles. The van der Waals surface area contributed by atoms with Gasteiger partial charge in [0.2, 0.25) is 0 Å². The number of hydrogen-bond donors (Lipinski definition) is 3. The highest BCUT2D eigenvalue weighted by molar-refractivity contribution is 6.33. The lowest BCUT2D eigenvalue weighted by atomic mass is 10.1. The summed E-state index contributed by atoms with van der Waals surface area (Å²) < 4.78 is 43.4. The number of benzene rings is 3. The number of nitrogens with one attached hydrogen (secondary N) is 2. The topological polar surface area (TPSA) is 122 Å². The number of alkyl halides is 3. The predicted molar refractivity (Wildman–Crippen MR) is 123 cm³/mol. The number of anilines is 2. The van der Waals surface area contributed by atoms with Gasteiger partial charge in [0.05, 0.1) is 33.0 Å². The van der Waals surface area contributed by atoms with Crippen molar-refractivity contribution in [3.05, 3.63) is 94.0 Å². The van der Waals surface area contributed by atoms with Crippen LogP contribution in [0.15, 0.2) is 66.7 Å². The number of amides is 2. The van der Waals surface area contributed by atoms with Crippen LogP contribution in [0.25, 0.3) is 0 Å². The van der Waals surface area contributed by atoms with Crippen LogP contribution in [-0.2, 0) is 15.7 Å². The maximum atomic E-state index is 12.8. The summed E-state index contributed by atoms with van der Waals surface area (Å²) in [6.07, 6.45) is -4.64. The largest absolute Gasteiger partial charge is 0.478 e. The zero-order valence-corrected chi connectivity index (χ0v) is 18.8. The minimum Gasteiger partial charge on any atom is -0.478 e. The van der Waals surface area contributed by atoms with E-state index in [4.69, 9.17) is 16.3 Å². The van der Waals surface area contributed by atoms with E-state index in [1.807, 2.05) is 0 Å². The van der Waals surface area contributed by atoms with Crippen molar-refractivity contribution in [3.63, 3.8) is 0 Å². The Morgan fingerprint density at radius 2 is 1.53 bits per heavy atom. The lowest BCUT2D eigenvalue weighted by molar-refractivity contribution is -0.137. The summed E-state index contributed by atoms with van der Waals surface area (Å²) in [7, 11) is 0. The molecule has 3 N–H and O–H groups in total. The normalized spacial score (nSPS) is 10.9. The van der Waals surface area contributed by atoms with Crippen molar-refractivity contribution < 1.29 is 42.2 Å². The lowest BCUT2D eigenvalue weighted by Crippen LogP contribution is -2.21. The number of carbonyl (C=O) groups excluding carboxylic acids is 3. The first-order chi connectivity index (χ1) is 17.0. The molecular weight excluding hydrogens is 505 g/mol. The smallest absolute Gasteiger partial charge is 0.416 e. The fourth-order valence-electron chi connectivity index (χ4n) is 2.95. The molecule has 3 aromatic rings. The highest BCUT2D eigenvalue weighted by Gasteiger charge is 2.31. The zero-order valence-electron chi connectivity index (χ0n) is 18.1. The average molecular weight is 521 g/mol. The van der Waals surface area contributed by atoms with Crippen LogP contribution in [0.3, 0.4) is 0 Å². The first-order valence-corrected chi connectivity index (χ1v) is 10.4. The monoisotopic (exact) mass is 520 g/mol. The van der Waals surface area contributed by atoms with Crippen LogP contribution < -0.4 is 10.6 Å². The summed E-state index contributed by atoms with van der Waals surface area (Å²) in [5.41, 5.74) is -1.27. The number of carboxylic acids is 1. The van der Waals surface area contributed by atoms with Crippen LogP contribution in [0, 0.1) is 0 Å². The second-order valence-electron chi connectivity index (χ2n) is 7.20. The summed E-state index contributed by atoms with van der Waals surface area (Å²) in [6, 6.07) is 13.3. The third-order valence-corrected chi connectivity index (χ3v) is 5.01. The number of carboxylic acid groups (broad SMARTS) is 1. The van der Waals surface area contributed by atoms with E-state index in [1.54, 1.807) is 0 Å². The predicted octanol–water partition coefficient (Wildman–Crippen LogP) is 5.10. The van der Waals surface area contributed by atoms with Gasteiger partial charge in [-0.05, 0) is 54.6 Å². The van der Waals surface area contributed by atoms with Gasteiger partial charge in [0, 0.05) is 5.69 Å². The summed E-state index contributed by atoms with van der Waals surface area (Å²) in [5, 5.41) is 13.7. The molecule has 186 valence electrons. The Labute approximate surface area is 206 Å². The van der Waals surface area contributed by atoms with Gasteiger partial charge in [-0.3, -0.25) is 9.59 Å². The van der Waals surface area contributed by atoms with E-state index < -0.39 is 42.1 Å². The van der Waals surface area contributed by atoms with Gasteiger partial charge in [-0.1, -0.05) is 23.7 Å². The number of halogens is 4. The third kappa shape index (κ3) is 6.60. The molecule has 0 radical (unpaired) electrons. The van der Waals surface area contributed by atoms with E-state index >= 15 is 0 Å². The van der Waals surface area contributed by atoms with E-state index in [0.29, 0.717) is 6.07 Å². The first kappa shape index (κ1) is 26.2. The first-order valence-electron chi connectivity index (χ1n) is 10.0. The van der Waals surface area contributed by atoms with Crippen molar-refractivity contribution in [2.75, 3.05) is 17.2 Å². The van der Waals surface area contributed by atoms with Crippen LogP contribution in [0.2, 0.25) is 5.02 Å². The molecule has 0 saturated heterocycles. The molecule has 0 atom stereocenters. The van der Waals surface area contributed by atoms with Crippen LogP contribution in [0.1, 0.15) is 36.6 Å². The molecule has 12 heteroatoms. The Hall–Kier alpha value is -4.38. The fraction of sp³-hybridized carbons (Fsp3) is 0.0833. The number of aromatic carboxylic acids is 1. The SMILES string of the molecule is O=C(COC(=O)c1ccc(NC(=O)c2ccccc2C(=O)O)cc1)Nc1cc(C(F)(F)F)ccc1Cl. The highest BCUT2D eigenvalue weighted by Crippen LogP contribution is 2.33. The second-order valence-corrected chi connectivity index (χ2v) is 7.61. The summed E-state index contributed by atoms with van der Waals surface area (Å²) >= 11 is 5.81. The zero-order chi connectivity index (χ0) is 26.5. The molecule has 0 aliphatic heterocycles. The fourth-order valence-corrected chi connectivity index (χ4v) is 3.12. The molecule has 0 aliphatic rings. The summed E-state index contributed by atoms with van der Waals surface area (Å²) in [6.45, 7) is -0.796. The van der Waals surface area contributed by atoms with Gasteiger partial charge in [0.1, 0.15) is 0 Å². The van der Waals surface area contributed by atoms with Gasteiger partial charge in [0.15, 0.2) is 6.61 Å². The van der Waals surface area contributed by atoms with Crippen molar-refractivity contribution in [2.45, 2.75) is 6.18 Å². The molecular formula is C24H16ClF3N2O6. The molecule has 0 bridgehead atoms. The summed E-state index contributed by atoms with van der Waals surface area (Å²) in [5.74, 6) is -3.76. The molecule has 0 unspecified atom stereocenters. The quantitative estimate of drug-likeness (QED) is 0.372. The minimum atomic E-state index is -4.64. The molecule has 3 rings (SSSR count). The Morgan fingerprint density at radius 3 is 2.14 bits per heavy atom. The Bertz CT molecular complexity index is 1330. The van der Waals surface area contributed by atoms with Gasteiger partial charge in [-0.15, -0.1) is 0 Å². The maximum absolute atomic E-state index is 12.8. The van der Waals surface area contributed by atoms with Gasteiger partial charge in [-0.2, -0.15) is 13.2 Å². The average Bonchev–Trinajstić information content (AvgIpc) is 2.83. The number of esters is 1. The Kier molecular flexibility index (Phi) is 7.95. The maximum Gasteiger partial charge on any atom is 0.416 e. The lowest BCUT2D eigenvalue weighted by Gasteiger charge is -2.12. The Balaban J connectivity index is 1.58. The van der Waals surface area contributed by atoms with E-state index in [0.717, 1.165) is 12.1 Å². The van der Waals surface area contributed by atoms with Crippen LogP contribution in [-0.4, -0.2) is 35.5 Å². The third-order valence-electron chi connectivity index (χ3n) is 4.68. The van der Waals surface area contributed by atoms with Gasteiger partial charge >= 0.3 is 18.1 Å². The number of rotatable bonds is 7. The van der Waals surface area contributed by atoms with Crippen molar-refractivity contribution >= 4 is 46.7 Å². The molecule has 0 heterocycles. The van der Waals surface area contributed by atoms with Gasteiger partial charge < -0.3 is 20.5 Å². The molecule has 36 heavy (non-hydrogen) atoms. The van der Waals surface area contributed by atoms with Crippen LogP contribution in [0.4, 0.5) is 24.5 Å². The number of hydrogen-bond acceptors (Lipinski definition) is 5. The van der Waals surface area contributed by atoms with Crippen molar-refractivity contribution in [1.29, 1.82) is 0 Å². The molecule has 0 aliphatic carbocycles. The van der Waals surface area contributed by atoms with E-state index in [1.165, 1.54) is 48.5 Å². The summed E-state index contributed by atoms with van der Waals surface area (Å²) in [4.78, 5) is 47.9. The van der Waals surface area contributed by atoms with Crippen molar-refractivity contribution in [1.82, 2.24) is 0 Å². The van der Waals surface area contributed by atoms with Gasteiger partial charge in [0.25, 0.3) is 11.8 Å². The highest BCUT2D eigenvalue weighted by atomic mass is 35.5. The second kappa shape index (κ2) is 10.9. The van der Waals surface area contributed by atoms with Crippen molar-refractivity contribution in [2.24, 2.45) is 0 Å². The molecule has 0 fully saturated rings. The van der Waals surface area contributed by atoms with E-state index in [2.05, 4.69) is 10.6 Å². The van der Waals surface area contributed by atoms with Gasteiger partial charge in [-0.25, -0.2) is 9.59 Å². The molecule has 3 aromatic carbocycles. The molecule has 0 spiro atoms. The van der Waals surface area contributed by atoms with Crippen LogP contribution in [0.5, 0.6) is 0 Å². The minimum absolute atomic E-state index is 0.0174. The van der Waals surface area contributed by atoms with Crippen molar-refractivity contribution in [3.8, 4) is 0 Å². The standard InChI is InChI=1S/C24H16ClF3N2O6/c25-18-10-7-14(24(26,27)28)11-19(18)30-20(31)12-36-23(35)13-5-8-15(9-6-13)29-21(32)16-3-1-2-4-17(16)22(33)34/h1-11H,12H2,(H,29,32)(H,30,31)(H,33,34).